The van der Waals surface area contributed by atoms with E-state index in [1.807, 2.05) is 6.92 Å². The molecule has 0 aliphatic heterocycles. The molecular weight excluding hydrogens is 392 g/mol. The van der Waals surface area contributed by atoms with Crippen LogP contribution in [-0.4, -0.2) is 28.7 Å². The van der Waals surface area contributed by atoms with E-state index in [-0.39, 0.29) is 12.0 Å². The Bertz CT molecular complexity index is 917. The molecule has 2 aromatic rings. The molecule has 0 aliphatic carbocycles. The van der Waals surface area contributed by atoms with Gasteiger partial charge in [0.15, 0.2) is 0 Å². The number of hydrogen-bond acceptors (Lipinski definition) is 5. The lowest BCUT2D eigenvalue weighted by Gasteiger charge is -2.06. The van der Waals surface area contributed by atoms with Crippen molar-refractivity contribution in [2.45, 2.75) is 20.3 Å². The van der Waals surface area contributed by atoms with Gasteiger partial charge >= 0.3 is 5.69 Å². The van der Waals surface area contributed by atoms with Crippen molar-refractivity contribution >= 4 is 28.1 Å². The van der Waals surface area contributed by atoms with Crippen LogP contribution in [0.2, 0.25) is 0 Å². The second kappa shape index (κ2) is 8.43. The van der Waals surface area contributed by atoms with Crippen LogP contribution in [0.1, 0.15) is 23.7 Å². The van der Waals surface area contributed by atoms with Crippen LogP contribution in [0.25, 0.3) is 0 Å². The van der Waals surface area contributed by atoms with E-state index < -0.39 is 17.2 Å². The average molecular weight is 409 g/mol. The fourth-order valence-electron chi connectivity index (χ4n) is 2.09. The van der Waals surface area contributed by atoms with Crippen molar-refractivity contribution in [2.24, 2.45) is 5.10 Å². The fraction of sp³-hybridized carbons (Fsp3) is 0.250. The molecule has 0 bridgehead atoms. The standard InChI is InChI=1S/C16H17BrN4O4/c1-3-25-13-5-4-10(6-12(13)17)8-18-21-14(22)7-11-9(2)19-16(24)20-15(11)23/h4-6,8H,3,7H2,1-2H3,(H,21,22)(H2,19,20,23,24)/b18-8-. The number of aromatic nitrogens is 2. The monoisotopic (exact) mass is 408 g/mol. The Balaban J connectivity index is 2.00. The lowest BCUT2D eigenvalue weighted by molar-refractivity contribution is -0.120. The SMILES string of the molecule is CCOc1ccc(/C=N\NC(=O)Cc2c(C)[nH]c(=O)[nH]c2=O)cc1Br. The molecule has 1 aromatic heterocycles. The molecule has 1 heterocycles. The number of benzene rings is 1. The number of hydrogen-bond donors (Lipinski definition) is 3. The van der Waals surface area contributed by atoms with Gasteiger partial charge in [-0.25, -0.2) is 10.2 Å². The highest BCUT2D eigenvalue weighted by molar-refractivity contribution is 9.10. The summed E-state index contributed by atoms with van der Waals surface area (Å²) in [6, 6.07) is 5.39. The summed E-state index contributed by atoms with van der Waals surface area (Å²) in [5.41, 5.74) is 2.45. The summed E-state index contributed by atoms with van der Waals surface area (Å²) in [6.07, 6.45) is 1.28. The molecule has 25 heavy (non-hydrogen) atoms. The number of nitrogens with zero attached hydrogens (tertiary/aromatic N) is 1. The minimum Gasteiger partial charge on any atom is -0.493 e. The molecule has 0 fully saturated rings. The third-order valence-electron chi connectivity index (χ3n) is 3.25. The van der Waals surface area contributed by atoms with Gasteiger partial charge in [-0.05, 0) is 53.5 Å². The fourth-order valence-corrected chi connectivity index (χ4v) is 2.60. The molecule has 2 rings (SSSR count). The third kappa shape index (κ3) is 5.15. The van der Waals surface area contributed by atoms with E-state index in [0.717, 1.165) is 15.8 Å². The molecule has 0 unspecified atom stereocenters. The van der Waals surface area contributed by atoms with Crippen molar-refractivity contribution in [2.75, 3.05) is 6.61 Å². The minimum absolute atomic E-state index is 0.191. The van der Waals surface area contributed by atoms with E-state index in [2.05, 4.69) is 36.4 Å². The molecule has 9 heteroatoms. The molecule has 8 nitrogen and oxygen atoms in total. The highest BCUT2D eigenvalue weighted by atomic mass is 79.9. The van der Waals surface area contributed by atoms with Crippen LogP contribution in [0, 0.1) is 6.92 Å². The van der Waals surface area contributed by atoms with E-state index in [1.165, 1.54) is 6.21 Å². The van der Waals surface area contributed by atoms with Gasteiger partial charge in [0.05, 0.1) is 23.7 Å². The number of carbonyl (C=O) groups is 1. The van der Waals surface area contributed by atoms with Crippen LogP contribution < -0.4 is 21.4 Å². The number of hydrazone groups is 1. The Morgan fingerprint density at radius 1 is 1.36 bits per heavy atom. The van der Waals surface area contributed by atoms with Crippen LogP contribution in [0.15, 0.2) is 37.4 Å². The molecule has 0 aliphatic rings. The first kappa shape index (κ1) is 18.7. The van der Waals surface area contributed by atoms with Gasteiger partial charge in [0.25, 0.3) is 5.56 Å². The Morgan fingerprint density at radius 3 is 2.76 bits per heavy atom. The number of ether oxygens (including phenoxy) is 1. The number of amides is 1. The Morgan fingerprint density at radius 2 is 2.12 bits per heavy atom. The lowest BCUT2D eigenvalue weighted by atomic mass is 10.1. The molecule has 0 saturated carbocycles. The Hall–Kier alpha value is -2.68. The maximum atomic E-state index is 11.9. The molecule has 1 amide bonds. The van der Waals surface area contributed by atoms with Crippen LogP contribution in [0.5, 0.6) is 5.75 Å². The second-order valence-corrected chi connectivity index (χ2v) is 5.96. The summed E-state index contributed by atoms with van der Waals surface area (Å²) < 4.78 is 6.19. The van der Waals surface area contributed by atoms with Gasteiger partial charge in [0, 0.05) is 11.3 Å². The van der Waals surface area contributed by atoms with E-state index in [1.54, 1.807) is 25.1 Å². The predicted molar refractivity (Wildman–Crippen MR) is 97.2 cm³/mol. The van der Waals surface area contributed by atoms with Gasteiger partial charge in [-0.3, -0.25) is 14.6 Å². The first-order valence-electron chi connectivity index (χ1n) is 7.47. The summed E-state index contributed by atoms with van der Waals surface area (Å²) in [6.45, 7) is 4.01. The quantitative estimate of drug-likeness (QED) is 0.492. The van der Waals surface area contributed by atoms with Gasteiger partial charge in [0.1, 0.15) is 5.75 Å². The number of H-pyrrole nitrogens is 2. The van der Waals surface area contributed by atoms with Crippen LogP contribution in [0.4, 0.5) is 0 Å². The number of aromatic amines is 2. The number of nitrogens with one attached hydrogen (secondary N) is 3. The predicted octanol–water partition coefficient (Wildman–Crippen LogP) is 1.23. The summed E-state index contributed by atoms with van der Waals surface area (Å²) in [7, 11) is 0. The molecule has 3 N–H and O–H groups in total. The normalized spacial score (nSPS) is 10.8. The van der Waals surface area contributed by atoms with Gasteiger partial charge < -0.3 is 9.72 Å². The topological polar surface area (TPSA) is 116 Å². The molecule has 0 atom stereocenters. The van der Waals surface area contributed by atoms with E-state index in [4.69, 9.17) is 4.74 Å². The van der Waals surface area contributed by atoms with Crippen LogP contribution >= 0.6 is 15.9 Å². The highest BCUT2D eigenvalue weighted by Crippen LogP contribution is 2.25. The zero-order chi connectivity index (χ0) is 18.4. The summed E-state index contributed by atoms with van der Waals surface area (Å²) in [4.78, 5) is 39.3. The van der Waals surface area contributed by atoms with Gasteiger partial charge in [-0.1, -0.05) is 0 Å². The zero-order valence-electron chi connectivity index (χ0n) is 13.7. The Kier molecular flexibility index (Phi) is 6.29. The van der Waals surface area contributed by atoms with E-state index >= 15 is 0 Å². The minimum atomic E-state index is -0.606. The molecule has 0 saturated heterocycles. The second-order valence-electron chi connectivity index (χ2n) is 5.10. The van der Waals surface area contributed by atoms with Crippen LogP contribution in [0.3, 0.4) is 0 Å². The molecule has 0 radical (unpaired) electrons. The first-order valence-corrected chi connectivity index (χ1v) is 8.26. The number of aryl methyl sites for hydroxylation is 1. The Labute approximate surface area is 151 Å². The van der Waals surface area contributed by atoms with Gasteiger partial charge in [-0.2, -0.15) is 5.10 Å². The zero-order valence-corrected chi connectivity index (χ0v) is 15.3. The van der Waals surface area contributed by atoms with E-state index in [0.29, 0.717) is 12.3 Å². The number of carbonyl (C=O) groups excluding carboxylic acids is 1. The lowest BCUT2D eigenvalue weighted by Crippen LogP contribution is -2.30. The summed E-state index contributed by atoms with van der Waals surface area (Å²) >= 11 is 3.39. The largest absolute Gasteiger partial charge is 0.493 e. The number of halogens is 1. The smallest absolute Gasteiger partial charge is 0.325 e. The summed E-state index contributed by atoms with van der Waals surface area (Å²) in [5, 5.41) is 3.86. The van der Waals surface area contributed by atoms with Crippen molar-refractivity contribution in [1.82, 2.24) is 15.4 Å². The average Bonchev–Trinajstić information content (AvgIpc) is 2.53. The molecule has 0 spiro atoms. The van der Waals surface area contributed by atoms with Gasteiger partial charge in [0.2, 0.25) is 5.91 Å². The number of rotatable bonds is 6. The third-order valence-corrected chi connectivity index (χ3v) is 3.87. The molecular formula is C16H17BrN4O4. The van der Waals surface area contributed by atoms with Crippen LogP contribution in [-0.2, 0) is 11.2 Å². The van der Waals surface area contributed by atoms with Crippen molar-refractivity contribution in [1.29, 1.82) is 0 Å². The van der Waals surface area contributed by atoms with Crippen molar-refractivity contribution < 1.29 is 9.53 Å². The van der Waals surface area contributed by atoms with Crippen molar-refractivity contribution in [3.05, 3.63) is 60.3 Å². The first-order chi connectivity index (χ1) is 11.9. The van der Waals surface area contributed by atoms with Gasteiger partial charge in [-0.15, -0.1) is 0 Å². The maximum Gasteiger partial charge on any atom is 0.325 e. The molecule has 132 valence electrons. The summed E-state index contributed by atoms with van der Waals surface area (Å²) in [5.74, 6) is 0.248. The van der Waals surface area contributed by atoms with Crippen molar-refractivity contribution in [3.8, 4) is 5.75 Å². The highest BCUT2D eigenvalue weighted by Gasteiger charge is 2.10. The maximum absolute atomic E-state index is 11.9. The van der Waals surface area contributed by atoms with Crippen molar-refractivity contribution in [3.63, 3.8) is 0 Å². The molecule has 1 aromatic carbocycles. The van der Waals surface area contributed by atoms with E-state index in [9.17, 15) is 14.4 Å².